The molecular formula is C27H27FN6O2S. The Morgan fingerprint density at radius 3 is 2.57 bits per heavy atom. The van der Waals surface area contributed by atoms with Crippen LogP contribution in [0.3, 0.4) is 0 Å². The topological polar surface area (TPSA) is 86.2 Å². The normalized spacial score (nSPS) is 20.4. The highest BCUT2D eigenvalue weighted by molar-refractivity contribution is 7.96. The fourth-order valence-electron chi connectivity index (χ4n) is 5.13. The first-order chi connectivity index (χ1) is 17.6. The highest BCUT2D eigenvalue weighted by Gasteiger charge is 2.29. The number of nitrogens with zero attached hydrogens (tertiary/aromatic N) is 5. The Bertz CT molecular complexity index is 1780. The van der Waals surface area contributed by atoms with Crippen LogP contribution in [-0.4, -0.2) is 35.9 Å². The zero-order valence-corrected chi connectivity index (χ0v) is 21.8. The number of halogens is 1. The molecule has 2 aromatic heterocycles. The van der Waals surface area contributed by atoms with Gasteiger partial charge in [-0.15, -0.1) is 0 Å². The van der Waals surface area contributed by atoms with Crippen LogP contribution in [0.4, 0.5) is 10.1 Å². The van der Waals surface area contributed by atoms with Crippen molar-refractivity contribution in [3.8, 4) is 17.2 Å². The summed E-state index contributed by atoms with van der Waals surface area (Å²) in [6, 6.07) is 8.95. The second-order valence-corrected chi connectivity index (χ2v) is 11.9. The summed E-state index contributed by atoms with van der Waals surface area (Å²) < 4.78 is 36.0. The molecule has 8 nitrogen and oxygen atoms in total. The molecular weight excluding hydrogens is 491 g/mol. The Kier molecular flexibility index (Phi) is 5.36. The molecule has 0 bridgehead atoms. The zero-order valence-electron chi connectivity index (χ0n) is 21.0. The molecule has 2 aromatic carbocycles. The van der Waals surface area contributed by atoms with Gasteiger partial charge < -0.3 is 5.32 Å². The SMILES string of the molecule is Cc1cc(-n2nc3c(c2-n2ccn(-c4ccc5c(c4)C=CS(C)(=O)=N5)c2=O)[C@H](C)NCC3)cc(C)c1F. The van der Waals surface area contributed by atoms with E-state index in [-0.39, 0.29) is 17.5 Å². The van der Waals surface area contributed by atoms with Gasteiger partial charge in [-0.25, -0.2) is 18.1 Å². The first kappa shape index (κ1) is 23.6. The van der Waals surface area contributed by atoms with Crippen LogP contribution in [0.25, 0.3) is 23.3 Å². The Labute approximate surface area is 214 Å². The monoisotopic (exact) mass is 518 g/mol. The molecule has 0 saturated heterocycles. The lowest BCUT2D eigenvalue weighted by Gasteiger charge is -2.21. The van der Waals surface area contributed by atoms with E-state index in [0.29, 0.717) is 34.0 Å². The number of rotatable bonds is 3. The van der Waals surface area contributed by atoms with Gasteiger partial charge in [0.05, 0.1) is 32.5 Å². The van der Waals surface area contributed by atoms with Gasteiger partial charge in [0.25, 0.3) is 0 Å². The van der Waals surface area contributed by atoms with E-state index >= 15 is 0 Å². The summed E-state index contributed by atoms with van der Waals surface area (Å²) in [4.78, 5) is 13.8. The number of imidazole rings is 1. The van der Waals surface area contributed by atoms with Crippen molar-refractivity contribution in [2.24, 2.45) is 4.36 Å². The van der Waals surface area contributed by atoms with Gasteiger partial charge in [0.15, 0.2) is 0 Å². The lowest BCUT2D eigenvalue weighted by Crippen LogP contribution is -2.30. The van der Waals surface area contributed by atoms with Gasteiger partial charge in [-0.05, 0) is 68.3 Å². The molecule has 2 aliphatic rings. The number of aryl methyl sites for hydroxylation is 2. The summed E-state index contributed by atoms with van der Waals surface area (Å²) in [6.45, 7) is 6.31. The molecule has 0 aliphatic carbocycles. The van der Waals surface area contributed by atoms with Crippen molar-refractivity contribution < 1.29 is 8.60 Å². The van der Waals surface area contributed by atoms with Crippen LogP contribution in [-0.2, 0) is 16.1 Å². The van der Waals surface area contributed by atoms with Crippen molar-refractivity contribution in [1.29, 1.82) is 0 Å². The lowest BCUT2D eigenvalue weighted by atomic mass is 10.0. The van der Waals surface area contributed by atoms with E-state index < -0.39 is 9.73 Å². The third kappa shape index (κ3) is 3.87. The third-order valence-corrected chi connectivity index (χ3v) is 8.16. The quantitative estimate of drug-likeness (QED) is 0.433. The molecule has 0 radical (unpaired) electrons. The first-order valence-electron chi connectivity index (χ1n) is 12.1. The van der Waals surface area contributed by atoms with Crippen molar-refractivity contribution in [2.45, 2.75) is 33.2 Å². The molecule has 1 N–H and O–H groups in total. The maximum Gasteiger partial charge on any atom is 0.338 e. The van der Waals surface area contributed by atoms with E-state index in [2.05, 4.69) is 16.6 Å². The summed E-state index contributed by atoms with van der Waals surface area (Å²) in [5.74, 6) is 0.398. The molecule has 6 rings (SSSR count). The molecule has 190 valence electrons. The van der Waals surface area contributed by atoms with Crippen LogP contribution in [0.15, 0.2) is 57.3 Å². The summed E-state index contributed by atoms with van der Waals surface area (Å²) >= 11 is 0. The minimum Gasteiger partial charge on any atom is -0.310 e. The van der Waals surface area contributed by atoms with Crippen molar-refractivity contribution in [3.05, 3.63) is 92.4 Å². The Balaban J connectivity index is 1.53. The van der Waals surface area contributed by atoms with E-state index in [0.717, 1.165) is 29.8 Å². The smallest absolute Gasteiger partial charge is 0.310 e. The van der Waals surface area contributed by atoms with Crippen molar-refractivity contribution in [3.63, 3.8) is 0 Å². The molecule has 4 heterocycles. The number of nitrogens with one attached hydrogen (secondary N) is 1. The number of hydrogen-bond donors (Lipinski definition) is 1. The van der Waals surface area contributed by atoms with Crippen LogP contribution in [0.1, 0.15) is 40.9 Å². The van der Waals surface area contributed by atoms with Crippen molar-refractivity contribution in [1.82, 2.24) is 24.2 Å². The van der Waals surface area contributed by atoms with Gasteiger partial charge in [-0.2, -0.15) is 9.46 Å². The van der Waals surface area contributed by atoms with Gasteiger partial charge in [0, 0.05) is 54.2 Å². The fourth-order valence-corrected chi connectivity index (χ4v) is 6.14. The number of fused-ring (bicyclic) bond motifs is 2. The van der Waals surface area contributed by atoms with E-state index in [1.807, 2.05) is 6.07 Å². The second kappa shape index (κ2) is 8.39. The van der Waals surface area contributed by atoms with Crippen molar-refractivity contribution in [2.75, 3.05) is 12.8 Å². The first-order valence-corrected chi connectivity index (χ1v) is 14.1. The minimum atomic E-state index is -2.38. The summed E-state index contributed by atoms with van der Waals surface area (Å²) in [5, 5.41) is 9.95. The predicted molar refractivity (Wildman–Crippen MR) is 143 cm³/mol. The van der Waals surface area contributed by atoms with Gasteiger partial charge >= 0.3 is 5.69 Å². The van der Waals surface area contributed by atoms with Gasteiger partial charge in [-0.1, -0.05) is 0 Å². The molecule has 0 amide bonds. The molecule has 0 saturated carbocycles. The molecule has 10 heteroatoms. The molecule has 2 aliphatic heterocycles. The maximum atomic E-state index is 14.4. The van der Waals surface area contributed by atoms with Crippen LogP contribution in [0.2, 0.25) is 0 Å². The van der Waals surface area contributed by atoms with Crippen LogP contribution in [0, 0.1) is 19.7 Å². The van der Waals surface area contributed by atoms with E-state index in [1.165, 1.54) is 0 Å². The lowest BCUT2D eigenvalue weighted by molar-refractivity contribution is 0.536. The fraction of sp³-hybridized carbons (Fsp3) is 0.259. The molecule has 2 atom stereocenters. The van der Waals surface area contributed by atoms with Gasteiger partial charge in [0.2, 0.25) is 0 Å². The molecule has 1 unspecified atom stereocenters. The van der Waals surface area contributed by atoms with Gasteiger partial charge in [0.1, 0.15) is 11.6 Å². The second-order valence-electron chi connectivity index (χ2n) is 9.73. The molecule has 0 fully saturated rings. The largest absolute Gasteiger partial charge is 0.338 e. The molecule has 4 aromatic rings. The zero-order chi connectivity index (χ0) is 26.1. The average molecular weight is 519 g/mol. The van der Waals surface area contributed by atoms with Crippen LogP contribution >= 0.6 is 0 Å². The number of aromatic nitrogens is 4. The number of hydrogen-bond acceptors (Lipinski definition) is 5. The number of benzene rings is 2. The summed E-state index contributed by atoms with van der Waals surface area (Å²) in [7, 11) is -2.38. The standard InChI is InChI=1S/C27H27FN6O2S/c1-16-13-21(14-17(2)25(16)28)34-26(24-18(3)29-9-7-23(24)30-34)33-11-10-32(27(33)35)20-5-6-22-19(15-20)8-12-37(4,36)31-22/h5-6,8,10-15,18,29H,7,9H2,1-4H3/t18-,37?/m0/s1. The van der Waals surface area contributed by atoms with Crippen LogP contribution < -0.4 is 11.0 Å². The van der Waals surface area contributed by atoms with E-state index in [4.69, 9.17) is 5.10 Å². The highest BCUT2D eigenvalue weighted by atomic mass is 32.2. The Morgan fingerprint density at radius 2 is 1.81 bits per heavy atom. The maximum absolute atomic E-state index is 14.4. The van der Waals surface area contributed by atoms with E-state index in [1.54, 1.807) is 82.1 Å². The van der Waals surface area contributed by atoms with Crippen molar-refractivity contribution >= 4 is 21.5 Å². The van der Waals surface area contributed by atoms with E-state index in [9.17, 15) is 13.4 Å². The summed E-state index contributed by atoms with van der Waals surface area (Å²) in [5.41, 5.74) is 5.48. The summed E-state index contributed by atoms with van der Waals surface area (Å²) in [6.07, 6.45) is 7.57. The Morgan fingerprint density at radius 1 is 1.08 bits per heavy atom. The molecule has 0 spiro atoms. The van der Waals surface area contributed by atoms with Gasteiger partial charge in [-0.3, -0.25) is 9.13 Å². The molecule has 37 heavy (non-hydrogen) atoms. The third-order valence-electron chi connectivity index (χ3n) is 6.96. The van der Waals surface area contributed by atoms with Crippen LogP contribution in [0.5, 0.6) is 0 Å². The average Bonchev–Trinajstić information content (AvgIpc) is 3.42. The predicted octanol–water partition coefficient (Wildman–Crippen LogP) is 4.49. The Hall–Kier alpha value is -3.76. The minimum absolute atomic E-state index is 0.00946. The highest BCUT2D eigenvalue weighted by Crippen LogP contribution is 2.32.